The fourth-order valence-corrected chi connectivity index (χ4v) is 4.40. The Balaban J connectivity index is 1.55. The molecule has 5 aromatic rings. The van der Waals surface area contributed by atoms with E-state index in [1.54, 1.807) is 54.6 Å². The van der Waals surface area contributed by atoms with Crippen LogP contribution in [0.1, 0.15) is 16.8 Å². The highest BCUT2D eigenvalue weighted by Gasteiger charge is 2.36. The summed E-state index contributed by atoms with van der Waals surface area (Å²) in [6.07, 6.45) is -4.63. The maximum atomic E-state index is 14.1. The van der Waals surface area contributed by atoms with E-state index in [-0.39, 0.29) is 39.6 Å². The van der Waals surface area contributed by atoms with Crippen LogP contribution in [0.2, 0.25) is 10.0 Å². The van der Waals surface area contributed by atoms with Crippen LogP contribution in [0.3, 0.4) is 0 Å². The second-order valence-corrected chi connectivity index (χ2v) is 9.09. The summed E-state index contributed by atoms with van der Waals surface area (Å²) in [6.45, 7) is 1.40. The maximum absolute atomic E-state index is 14.1. The van der Waals surface area contributed by atoms with Crippen LogP contribution in [0, 0.1) is 12.7 Å². The monoisotopic (exact) mass is 545 g/mol. The van der Waals surface area contributed by atoms with Crippen LogP contribution in [-0.2, 0) is 12.8 Å². The van der Waals surface area contributed by atoms with Crippen molar-refractivity contribution in [1.29, 1.82) is 0 Å². The van der Waals surface area contributed by atoms with Crippen molar-refractivity contribution in [3.63, 3.8) is 0 Å². The summed E-state index contributed by atoms with van der Waals surface area (Å²) < 4.78 is 63.3. The smallest absolute Gasteiger partial charge is 0.417 e. The number of rotatable bonds is 5. The van der Waals surface area contributed by atoms with Crippen molar-refractivity contribution in [2.24, 2.45) is 0 Å². The summed E-state index contributed by atoms with van der Waals surface area (Å²) in [4.78, 5) is 4.54. The van der Waals surface area contributed by atoms with Gasteiger partial charge >= 0.3 is 6.18 Å². The molecule has 0 amide bonds. The molecule has 3 aromatic carbocycles. The molecule has 0 saturated carbocycles. The number of pyridine rings is 1. The molecule has 0 spiro atoms. The zero-order valence-electron chi connectivity index (χ0n) is 19.2. The topological polar surface area (TPSA) is 39.9 Å². The van der Waals surface area contributed by atoms with Gasteiger partial charge in [-0.05, 0) is 67.6 Å². The van der Waals surface area contributed by atoms with Gasteiger partial charge in [0.25, 0.3) is 0 Å². The number of halogens is 6. The van der Waals surface area contributed by atoms with E-state index in [1.165, 1.54) is 23.7 Å². The van der Waals surface area contributed by atoms with Crippen molar-refractivity contribution < 1.29 is 22.3 Å². The van der Waals surface area contributed by atoms with Crippen LogP contribution >= 0.6 is 23.2 Å². The van der Waals surface area contributed by atoms with Crippen LogP contribution in [0.25, 0.3) is 28.0 Å². The zero-order chi connectivity index (χ0) is 26.3. The minimum Gasteiger partial charge on any atom is -0.489 e. The third kappa shape index (κ3) is 4.99. The highest BCUT2D eigenvalue weighted by molar-refractivity contribution is 6.31. The van der Waals surface area contributed by atoms with E-state index in [1.807, 2.05) is 0 Å². The number of alkyl halides is 3. The van der Waals surface area contributed by atoms with E-state index in [4.69, 9.17) is 27.9 Å². The summed E-state index contributed by atoms with van der Waals surface area (Å²) in [5.41, 5.74) is 0.634. The Hall–Kier alpha value is -3.62. The van der Waals surface area contributed by atoms with E-state index >= 15 is 0 Å². The van der Waals surface area contributed by atoms with Crippen molar-refractivity contribution in [3.8, 4) is 22.7 Å². The molecule has 0 fully saturated rings. The van der Waals surface area contributed by atoms with Gasteiger partial charge in [0.05, 0.1) is 33.0 Å². The van der Waals surface area contributed by atoms with Crippen LogP contribution in [0.4, 0.5) is 17.6 Å². The van der Waals surface area contributed by atoms with E-state index < -0.39 is 17.6 Å². The number of aryl methyl sites for hydroxylation is 1. The number of aromatic nitrogens is 3. The van der Waals surface area contributed by atoms with E-state index in [0.717, 1.165) is 6.07 Å². The van der Waals surface area contributed by atoms with Gasteiger partial charge in [-0.15, -0.1) is 0 Å². The Morgan fingerprint density at radius 1 is 0.946 bits per heavy atom. The summed E-state index contributed by atoms with van der Waals surface area (Å²) >= 11 is 12.1. The molecule has 0 aliphatic rings. The Morgan fingerprint density at radius 3 is 2.35 bits per heavy atom. The maximum Gasteiger partial charge on any atom is 0.417 e. The third-order valence-corrected chi connectivity index (χ3v) is 6.36. The van der Waals surface area contributed by atoms with Crippen LogP contribution < -0.4 is 4.74 Å². The van der Waals surface area contributed by atoms with E-state index in [2.05, 4.69) is 10.1 Å². The fourth-order valence-electron chi connectivity index (χ4n) is 4.00. The molecule has 0 aliphatic carbocycles. The first-order chi connectivity index (χ1) is 17.6. The predicted molar refractivity (Wildman–Crippen MR) is 135 cm³/mol. The van der Waals surface area contributed by atoms with E-state index in [9.17, 15) is 17.6 Å². The molecule has 0 N–H and O–H groups in total. The van der Waals surface area contributed by atoms with Crippen LogP contribution in [0.5, 0.6) is 5.75 Å². The molecule has 188 valence electrons. The van der Waals surface area contributed by atoms with Gasteiger partial charge in [0.15, 0.2) is 5.65 Å². The molecule has 2 aromatic heterocycles. The standard InChI is InChI=1S/C27H17Cl2F4N3O/c1-15-25-21(27(31,32)33)13-24(34-26(25)36(35-15)18-5-2-4-17(28)12-18)16-8-10-19(11-9-16)37-14-20-22(29)6-3-7-23(20)30/h2-13H,14H2,1H3. The van der Waals surface area contributed by atoms with Crippen molar-refractivity contribution in [2.45, 2.75) is 19.7 Å². The van der Waals surface area contributed by atoms with Gasteiger partial charge in [0.1, 0.15) is 18.2 Å². The molecular weight excluding hydrogens is 529 g/mol. The number of nitrogens with zero attached hydrogens (tertiary/aromatic N) is 3. The summed E-state index contributed by atoms with van der Waals surface area (Å²) in [7, 11) is 0. The second-order valence-electron chi connectivity index (χ2n) is 8.24. The SMILES string of the molecule is Cc1nn(-c2cccc(Cl)c2)c2nc(-c3ccc(OCc4c(F)cccc4Cl)cc3)cc(C(F)(F)F)c12. The third-order valence-electron chi connectivity index (χ3n) is 5.77. The van der Waals surface area contributed by atoms with Gasteiger partial charge in [-0.2, -0.15) is 18.3 Å². The van der Waals surface area contributed by atoms with Gasteiger partial charge in [0, 0.05) is 16.1 Å². The largest absolute Gasteiger partial charge is 0.489 e. The average molecular weight is 546 g/mol. The zero-order valence-corrected chi connectivity index (χ0v) is 20.7. The summed E-state index contributed by atoms with van der Waals surface area (Å²) in [5.74, 6) is -0.104. The molecule has 0 atom stereocenters. The van der Waals surface area contributed by atoms with Crippen LogP contribution in [0.15, 0.2) is 72.8 Å². The molecule has 4 nitrogen and oxygen atoms in total. The molecule has 2 heterocycles. The average Bonchev–Trinajstić information content (AvgIpc) is 3.19. The van der Waals surface area contributed by atoms with Gasteiger partial charge in [0.2, 0.25) is 0 Å². The van der Waals surface area contributed by atoms with E-state index in [0.29, 0.717) is 22.0 Å². The van der Waals surface area contributed by atoms with Gasteiger partial charge in [-0.3, -0.25) is 0 Å². The molecule has 0 aliphatic heterocycles. The first kappa shape index (κ1) is 25.0. The lowest BCUT2D eigenvalue weighted by molar-refractivity contribution is -0.136. The number of ether oxygens (including phenoxy) is 1. The van der Waals surface area contributed by atoms with Crippen LogP contribution in [-0.4, -0.2) is 14.8 Å². The molecular formula is C27H17Cl2F4N3O. The van der Waals surface area contributed by atoms with Gasteiger partial charge in [-0.25, -0.2) is 14.1 Å². The highest BCUT2D eigenvalue weighted by atomic mass is 35.5. The second kappa shape index (κ2) is 9.68. The normalized spacial score (nSPS) is 11.8. The predicted octanol–water partition coefficient (Wildman–Crippen LogP) is 8.44. The van der Waals surface area contributed by atoms with Gasteiger partial charge in [-0.1, -0.05) is 35.3 Å². The molecule has 37 heavy (non-hydrogen) atoms. The van der Waals surface area contributed by atoms with Crippen molar-refractivity contribution in [2.75, 3.05) is 0 Å². The summed E-state index contributed by atoms with van der Waals surface area (Å²) in [6, 6.07) is 18.3. The minimum atomic E-state index is -4.63. The van der Waals surface area contributed by atoms with Crippen molar-refractivity contribution in [3.05, 3.63) is 105 Å². The van der Waals surface area contributed by atoms with Crippen molar-refractivity contribution >= 4 is 34.2 Å². The van der Waals surface area contributed by atoms with Gasteiger partial charge < -0.3 is 4.74 Å². The molecule has 5 rings (SSSR count). The Kier molecular flexibility index (Phi) is 6.56. The molecule has 0 radical (unpaired) electrons. The molecule has 0 unspecified atom stereocenters. The Labute approximate surface area is 219 Å². The Morgan fingerprint density at radius 2 is 1.68 bits per heavy atom. The molecule has 0 bridgehead atoms. The Bertz CT molecular complexity index is 1600. The number of hydrogen-bond acceptors (Lipinski definition) is 3. The number of benzene rings is 3. The quantitative estimate of drug-likeness (QED) is 0.208. The number of fused-ring (bicyclic) bond motifs is 1. The molecule has 0 saturated heterocycles. The summed E-state index contributed by atoms with van der Waals surface area (Å²) in [5, 5.41) is 4.89. The lowest BCUT2D eigenvalue weighted by Gasteiger charge is -2.13. The first-order valence-electron chi connectivity index (χ1n) is 11.0. The first-order valence-corrected chi connectivity index (χ1v) is 11.8. The molecule has 10 heteroatoms. The highest BCUT2D eigenvalue weighted by Crippen LogP contribution is 2.39. The fraction of sp³-hybridized carbons (Fsp3) is 0.111. The number of hydrogen-bond donors (Lipinski definition) is 0. The van der Waals surface area contributed by atoms with Crippen molar-refractivity contribution in [1.82, 2.24) is 14.8 Å². The lowest BCUT2D eigenvalue weighted by Crippen LogP contribution is -2.08. The minimum absolute atomic E-state index is 0.0547. The lowest BCUT2D eigenvalue weighted by atomic mass is 10.0.